The lowest BCUT2D eigenvalue weighted by Crippen LogP contribution is -2.37. The van der Waals surface area contributed by atoms with Crippen LogP contribution in [0.5, 0.6) is 0 Å². The zero-order valence-corrected chi connectivity index (χ0v) is 12.1. The van der Waals surface area contributed by atoms with Gasteiger partial charge in [0, 0.05) is 38.6 Å². The second-order valence-electron chi connectivity index (χ2n) is 5.48. The van der Waals surface area contributed by atoms with Crippen LogP contribution in [-0.2, 0) is 11.2 Å². The maximum absolute atomic E-state index is 11.4. The quantitative estimate of drug-likeness (QED) is 0.930. The number of aromatic nitrogens is 4. The molecule has 21 heavy (non-hydrogen) atoms. The van der Waals surface area contributed by atoms with Gasteiger partial charge in [0.1, 0.15) is 5.69 Å². The third-order valence-electron chi connectivity index (χ3n) is 4.07. The van der Waals surface area contributed by atoms with Crippen molar-refractivity contribution in [1.82, 2.24) is 25.1 Å². The Bertz CT molecular complexity index is 602. The molecule has 2 aromatic heterocycles. The van der Waals surface area contributed by atoms with Gasteiger partial charge < -0.3 is 4.90 Å². The van der Waals surface area contributed by atoms with Crippen LogP contribution in [0.25, 0.3) is 11.4 Å². The van der Waals surface area contributed by atoms with Gasteiger partial charge in [-0.05, 0) is 31.2 Å². The van der Waals surface area contributed by atoms with Gasteiger partial charge in [-0.2, -0.15) is 5.10 Å². The number of carbonyl (C=O) groups is 1. The molecule has 1 N–H and O–H groups in total. The average molecular weight is 285 g/mol. The first kappa shape index (κ1) is 13.7. The van der Waals surface area contributed by atoms with Crippen LogP contribution in [0.4, 0.5) is 0 Å². The number of rotatable bonds is 3. The molecule has 1 saturated heterocycles. The van der Waals surface area contributed by atoms with Crippen LogP contribution in [0.1, 0.15) is 25.5 Å². The van der Waals surface area contributed by atoms with E-state index in [1.807, 2.05) is 11.0 Å². The van der Waals surface area contributed by atoms with Crippen LogP contribution in [0.15, 0.2) is 24.7 Å². The monoisotopic (exact) mass is 285 g/mol. The first-order chi connectivity index (χ1) is 10.2. The van der Waals surface area contributed by atoms with Crippen LogP contribution >= 0.6 is 0 Å². The van der Waals surface area contributed by atoms with Gasteiger partial charge in [0.2, 0.25) is 5.91 Å². The van der Waals surface area contributed by atoms with Crippen molar-refractivity contribution in [3.63, 3.8) is 0 Å². The van der Waals surface area contributed by atoms with E-state index in [4.69, 9.17) is 0 Å². The Morgan fingerprint density at radius 1 is 1.29 bits per heavy atom. The third kappa shape index (κ3) is 3.09. The summed E-state index contributed by atoms with van der Waals surface area (Å²) in [6.07, 6.45) is 8.11. The van der Waals surface area contributed by atoms with Gasteiger partial charge in [-0.25, -0.2) is 0 Å². The number of likely N-dealkylation sites (tertiary alicyclic amines) is 1. The van der Waals surface area contributed by atoms with E-state index in [9.17, 15) is 4.79 Å². The summed E-state index contributed by atoms with van der Waals surface area (Å²) in [5.41, 5.74) is 2.78. The standard InChI is InChI=1S/C15H19N5O/c1-11(21)20-8-3-12(4-9-20)10-14-15(17-7-6-16-14)13-2-5-18-19-13/h2,5-7,12H,3-4,8-10H2,1H3,(H,18,19). The van der Waals surface area contributed by atoms with Gasteiger partial charge in [0.05, 0.1) is 11.4 Å². The van der Waals surface area contributed by atoms with Crippen molar-refractivity contribution in [3.8, 4) is 11.4 Å². The highest BCUT2D eigenvalue weighted by Crippen LogP contribution is 2.25. The van der Waals surface area contributed by atoms with Gasteiger partial charge in [-0.15, -0.1) is 0 Å². The predicted molar refractivity (Wildman–Crippen MR) is 78.3 cm³/mol. The topological polar surface area (TPSA) is 74.8 Å². The number of nitrogens with one attached hydrogen (secondary N) is 1. The van der Waals surface area contributed by atoms with Gasteiger partial charge in [0.25, 0.3) is 0 Å². The number of piperidine rings is 1. The molecule has 0 spiro atoms. The molecule has 6 nitrogen and oxygen atoms in total. The van der Waals surface area contributed by atoms with Crippen LogP contribution in [0.3, 0.4) is 0 Å². The fourth-order valence-electron chi connectivity index (χ4n) is 2.85. The van der Waals surface area contributed by atoms with E-state index in [1.54, 1.807) is 25.5 Å². The summed E-state index contributed by atoms with van der Waals surface area (Å²) in [5.74, 6) is 0.727. The zero-order valence-electron chi connectivity index (χ0n) is 12.1. The SMILES string of the molecule is CC(=O)N1CCC(Cc2nccnc2-c2ccn[nH]2)CC1. The smallest absolute Gasteiger partial charge is 0.219 e. The highest BCUT2D eigenvalue weighted by atomic mass is 16.2. The number of hydrogen-bond acceptors (Lipinski definition) is 4. The van der Waals surface area contributed by atoms with E-state index in [0.717, 1.165) is 49.4 Å². The number of H-pyrrole nitrogens is 1. The molecule has 3 heterocycles. The molecule has 1 amide bonds. The van der Waals surface area contributed by atoms with E-state index in [1.165, 1.54) is 0 Å². The fraction of sp³-hybridized carbons (Fsp3) is 0.467. The van der Waals surface area contributed by atoms with Crippen molar-refractivity contribution in [2.24, 2.45) is 5.92 Å². The summed E-state index contributed by atoms with van der Waals surface area (Å²) in [7, 11) is 0. The summed E-state index contributed by atoms with van der Waals surface area (Å²) in [4.78, 5) is 22.2. The van der Waals surface area contributed by atoms with Crippen molar-refractivity contribution >= 4 is 5.91 Å². The molecule has 3 rings (SSSR count). The lowest BCUT2D eigenvalue weighted by molar-refractivity contribution is -0.130. The number of aromatic amines is 1. The first-order valence-corrected chi connectivity index (χ1v) is 7.29. The Hall–Kier alpha value is -2.24. The van der Waals surface area contributed by atoms with E-state index >= 15 is 0 Å². The molecule has 1 aliphatic rings. The molecule has 0 saturated carbocycles. The molecule has 0 aliphatic carbocycles. The first-order valence-electron chi connectivity index (χ1n) is 7.29. The normalized spacial score (nSPS) is 16.1. The molecule has 110 valence electrons. The second-order valence-corrected chi connectivity index (χ2v) is 5.48. The molecular weight excluding hydrogens is 266 g/mol. The minimum Gasteiger partial charge on any atom is -0.343 e. The van der Waals surface area contributed by atoms with Gasteiger partial charge >= 0.3 is 0 Å². The number of carbonyl (C=O) groups excluding carboxylic acids is 1. The average Bonchev–Trinajstić information content (AvgIpc) is 3.02. The summed E-state index contributed by atoms with van der Waals surface area (Å²) in [6, 6.07) is 1.91. The molecule has 6 heteroatoms. The minimum absolute atomic E-state index is 0.172. The molecule has 0 atom stereocenters. The van der Waals surface area contributed by atoms with Crippen molar-refractivity contribution in [1.29, 1.82) is 0 Å². The maximum Gasteiger partial charge on any atom is 0.219 e. The molecule has 0 radical (unpaired) electrons. The molecule has 0 aromatic carbocycles. The lowest BCUT2D eigenvalue weighted by Gasteiger charge is -2.31. The fourth-order valence-corrected chi connectivity index (χ4v) is 2.85. The number of nitrogens with zero attached hydrogens (tertiary/aromatic N) is 4. The molecular formula is C15H19N5O. The Balaban J connectivity index is 1.70. The summed E-state index contributed by atoms with van der Waals surface area (Å²) in [6.45, 7) is 3.33. The maximum atomic E-state index is 11.4. The van der Waals surface area contributed by atoms with Crippen molar-refractivity contribution in [2.75, 3.05) is 13.1 Å². The Morgan fingerprint density at radius 3 is 2.71 bits per heavy atom. The van der Waals surface area contributed by atoms with Crippen LogP contribution in [-0.4, -0.2) is 44.1 Å². The third-order valence-corrected chi connectivity index (χ3v) is 4.07. The predicted octanol–water partition coefficient (Wildman–Crippen LogP) is 1.67. The Morgan fingerprint density at radius 2 is 2.05 bits per heavy atom. The van der Waals surface area contributed by atoms with Crippen molar-refractivity contribution in [2.45, 2.75) is 26.2 Å². The molecule has 0 unspecified atom stereocenters. The minimum atomic E-state index is 0.172. The van der Waals surface area contributed by atoms with E-state index in [-0.39, 0.29) is 5.91 Å². The number of hydrogen-bond donors (Lipinski definition) is 1. The van der Waals surface area contributed by atoms with Crippen LogP contribution in [0, 0.1) is 5.92 Å². The second kappa shape index (κ2) is 6.03. The highest BCUT2D eigenvalue weighted by Gasteiger charge is 2.22. The Kier molecular flexibility index (Phi) is 3.94. The van der Waals surface area contributed by atoms with E-state index in [2.05, 4.69) is 20.2 Å². The van der Waals surface area contributed by atoms with Gasteiger partial charge in [0.15, 0.2) is 0 Å². The lowest BCUT2D eigenvalue weighted by atomic mass is 9.91. The van der Waals surface area contributed by atoms with E-state index < -0.39 is 0 Å². The van der Waals surface area contributed by atoms with Crippen LogP contribution in [0.2, 0.25) is 0 Å². The molecule has 1 fully saturated rings. The highest BCUT2D eigenvalue weighted by molar-refractivity contribution is 5.73. The van der Waals surface area contributed by atoms with Gasteiger partial charge in [-0.3, -0.25) is 19.9 Å². The van der Waals surface area contributed by atoms with Crippen LogP contribution < -0.4 is 0 Å². The summed E-state index contributed by atoms with van der Waals surface area (Å²) >= 11 is 0. The van der Waals surface area contributed by atoms with Crippen molar-refractivity contribution < 1.29 is 4.79 Å². The zero-order chi connectivity index (χ0) is 14.7. The summed E-state index contributed by atoms with van der Waals surface area (Å²) in [5, 5.41) is 6.93. The molecule has 1 aliphatic heterocycles. The summed E-state index contributed by atoms with van der Waals surface area (Å²) < 4.78 is 0. The van der Waals surface area contributed by atoms with E-state index in [0.29, 0.717) is 5.92 Å². The number of amides is 1. The largest absolute Gasteiger partial charge is 0.343 e. The molecule has 2 aromatic rings. The van der Waals surface area contributed by atoms with Crippen molar-refractivity contribution in [3.05, 3.63) is 30.4 Å². The Labute approximate surface area is 123 Å². The molecule has 0 bridgehead atoms. The van der Waals surface area contributed by atoms with Gasteiger partial charge in [-0.1, -0.05) is 0 Å².